The Hall–Kier alpha value is -2.23. The van der Waals surface area contributed by atoms with Crippen LogP contribution in [0.2, 0.25) is 5.02 Å². The Morgan fingerprint density at radius 1 is 1.25 bits per heavy atom. The van der Waals surface area contributed by atoms with Crippen LogP contribution in [-0.2, 0) is 0 Å². The second-order valence-corrected chi connectivity index (χ2v) is 8.29. The van der Waals surface area contributed by atoms with Crippen LogP contribution < -0.4 is 4.74 Å². The van der Waals surface area contributed by atoms with E-state index >= 15 is 0 Å². The van der Waals surface area contributed by atoms with Gasteiger partial charge in [-0.25, -0.2) is 14.4 Å². The van der Waals surface area contributed by atoms with E-state index in [4.69, 9.17) is 20.8 Å². The zero-order valence-corrected chi connectivity index (χ0v) is 17.3. The van der Waals surface area contributed by atoms with Crippen LogP contribution in [0.3, 0.4) is 0 Å². The first-order valence-corrected chi connectivity index (χ1v) is 10.5. The molecule has 0 saturated carbocycles. The van der Waals surface area contributed by atoms with Crippen molar-refractivity contribution in [2.45, 2.75) is 29.8 Å². The Balaban J connectivity index is 1.80. The highest BCUT2D eigenvalue weighted by Gasteiger charge is 2.20. The summed E-state index contributed by atoms with van der Waals surface area (Å²) in [6.07, 6.45) is 0.806. The number of ether oxygens (including phenoxy) is 1. The standard InChI is InChI=1S/C18H14ClFN4O2S2/c1-3-6-25-15-13-16(24-17(23-15)28-18-21-9(2)8-27-18)26-14(22-13)11-7-10(20)4-5-12(11)19/h4-5,7-8H,3,6H2,1-2H3. The Morgan fingerprint density at radius 2 is 2.11 bits per heavy atom. The number of aryl methyl sites for hydroxylation is 1. The summed E-state index contributed by atoms with van der Waals surface area (Å²) in [5.41, 5.74) is 1.88. The van der Waals surface area contributed by atoms with E-state index in [0.717, 1.165) is 16.5 Å². The third-order valence-electron chi connectivity index (χ3n) is 3.58. The van der Waals surface area contributed by atoms with Crippen LogP contribution in [0.1, 0.15) is 19.0 Å². The van der Waals surface area contributed by atoms with Crippen LogP contribution in [0.25, 0.3) is 22.7 Å². The van der Waals surface area contributed by atoms with Crippen molar-refractivity contribution in [1.29, 1.82) is 0 Å². The molecule has 3 heterocycles. The molecule has 0 unspecified atom stereocenters. The molecule has 0 spiro atoms. The minimum atomic E-state index is -0.439. The van der Waals surface area contributed by atoms with Gasteiger partial charge in [0.25, 0.3) is 5.71 Å². The number of halogens is 2. The van der Waals surface area contributed by atoms with Gasteiger partial charge in [0.15, 0.2) is 9.86 Å². The van der Waals surface area contributed by atoms with E-state index in [2.05, 4.69) is 19.9 Å². The number of fused-ring (bicyclic) bond motifs is 1. The molecule has 1 aromatic carbocycles. The van der Waals surface area contributed by atoms with Crippen molar-refractivity contribution in [2.24, 2.45) is 0 Å². The number of aromatic nitrogens is 4. The Bertz CT molecular complexity index is 1150. The number of benzene rings is 1. The molecular weight excluding hydrogens is 423 g/mol. The quantitative estimate of drug-likeness (QED) is 0.354. The maximum atomic E-state index is 13.7. The fourth-order valence-corrected chi connectivity index (χ4v) is 4.24. The Labute approximate surface area is 173 Å². The molecule has 0 aliphatic carbocycles. The molecule has 0 aliphatic rings. The summed E-state index contributed by atoms with van der Waals surface area (Å²) in [7, 11) is 0. The zero-order chi connectivity index (χ0) is 19.7. The van der Waals surface area contributed by atoms with Crippen LogP contribution in [-0.4, -0.2) is 26.5 Å². The summed E-state index contributed by atoms with van der Waals surface area (Å²) in [5.74, 6) is 0.0260. The lowest BCUT2D eigenvalue weighted by Gasteiger charge is -2.04. The predicted molar refractivity (Wildman–Crippen MR) is 107 cm³/mol. The van der Waals surface area contributed by atoms with Gasteiger partial charge in [-0.3, -0.25) is 0 Å². The summed E-state index contributed by atoms with van der Waals surface area (Å²) >= 11 is 9.00. The third kappa shape index (κ3) is 3.96. The molecule has 0 amide bonds. The lowest BCUT2D eigenvalue weighted by molar-refractivity contribution is 0.305. The van der Waals surface area contributed by atoms with Crippen molar-refractivity contribution in [3.8, 4) is 17.3 Å². The van der Waals surface area contributed by atoms with Gasteiger partial charge in [0.05, 0.1) is 17.2 Å². The van der Waals surface area contributed by atoms with E-state index < -0.39 is 5.82 Å². The molecule has 0 atom stereocenters. The number of thiazole rings is 1. The molecule has 0 fully saturated rings. The van der Waals surface area contributed by atoms with Gasteiger partial charge >= 0.3 is 0 Å². The van der Waals surface area contributed by atoms with E-state index in [1.165, 1.54) is 41.3 Å². The lowest BCUT2D eigenvalue weighted by atomic mass is 10.2. The molecule has 0 N–H and O–H groups in total. The van der Waals surface area contributed by atoms with Crippen LogP contribution in [0.4, 0.5) is 4.39 Å². The third-order valence-corrected chi connectivity index (χ3v) is 5.84. The highest BCUT2D eigenvalue weighted by molar-refractivity contribution is 8.00. The molecule has 10 heteroatoms. The van der Waals surface area contributed by atoms with E-state index in [-0.39, 0.29) is 11.6 Å². The van der Waals surface area contributed by atoms with E-state index in [9.17, 15) is 4.39 Å². The summed E-state index contributed by atoms with van der Waals surface area (Å²) in [6.45, 7) is 4.38. The van der Waals surface area contributed by atoms with Gasteiger partial charge in [-0.05, 0) is 43.3 Å². The number of hydrogen-bond acceptors (Lipinski definition) is 8. The monoisotopic (exact) mass is 436 g/mol. The fraction of sp³-hybridized carbons (Fsp3) is 0.222. The van der Waals surface area contributed by atoms with Crippen molar-refractivity contribution in [1.82, 2.24) is 19.9 Å². The number of rotatable bonds is 6. The van der Waals surface area contributed by atoms with Gasteiger partial charge in [-0.2, -0.15) is 9.97 Å². The minimum Gasteiger partial charge on any atom is -0.476 e. The molecule has 28 heavy (non-hydrogen) atoms. The van der Waals surface area contributed by atoms with Crippen LogP contribution >= 0.6 is 34.7 Å². The number of hydrogen-bond donors (Lipinski definition) is 0. The maximum Gasteiger partial charge on any atom is 0.255 e. The van der Waals surface area contributed by atoms with Gasteiger partial charge in [0.2, 0.25) is 16.9 Å². The average Bonchev–Trinajstić information content (AvgIpc) is 3.27. The molecule has 0 bridgehead atoms. The highest BCUT2D eigenvalue weighted by atomic mass is 35.5. The smallest absolute Gasteiger partial charge is 0.255 e. The molecule has 0 aliphatic heterocycles. The van der Waals surface area contributed by atoms with Gasteiger partial charge in [-0.15, -0.1) is 11.3 Å². The second kappa shape index (κ2) is 8.02. The van der Waals surface area contributed by atoms with Crippen molar-refractivity contribution in [2.75, 3.05) is 6.61 Å². The van der Waals surface area contributed by atoms with Gasteiger partial charge < -0.3 is 9.15 Å². The van der Waals surface area contributed by atoms with Crippen LogP contribution in [0.5, 0.6) is 5.88 Å². The van der Waals surface area contributed by atoms with E-state index in [1.807, 2.05) is 19.2 Å². The zero-order valence-electron chi connectivity index (χ0n) is 14.9. The average molecular weight is 437 g/mol. The number of nitrogens with zero attached hydrogens (tertiary/aromatic N) is 4. The first kappa shape index (κ1) is 19.1. The van der Waals surface area contributed by atoms with Gasteiger partial charge in [-0.1, -0.05) is 18.5 Å². The first-order chi connectivity index (χ1) is 13.5. The number of oxazole rings is 1. The molecule has 0 radical (unpaired) electrons. The Morgan fingerprint density at radius 3 is 2.86 bits per heavy atom. The Kier molecular flexibility index (Phi) is 5.47. The molecule has 144 valence electrons. The highest BCUT2D eigenvalue weighted by Crippen LogP contribution is 2.35. The molecule has 0 saturated heterocycles. The molecule has 4 aromatic rings. The topological polar surface area (TPSA) is 73.9 Å². The fourth-order valence-electron chi connectivity index (χ4n) is 2.36. The second-order valence-electron chi connectivity index (χ2n) is 5.81. The molecule has 4 rings (SSSR count). The molecule has 3 aromatic heterocycles. The minimum absolute atomic E-state index is 0.155. The van der Waals surface area contributed by atoms with Gasteiger partial charge in [0, 0.05) is 11.1 Å². The summed E-state index contributed by atoms with van der Waals surface area (Å²) in [6, 6.07) is 3.99. The van der Waals surface area contributed by atoms with Crippen molar-refractivity contribution in [3.05, 3.63) is 40.1 Å². The van der Waals surface area contributed by atoms with E-state index in [1.54, 1.807) is 0 Å². The summed E-state index contributed by atoms with van der Waals surface area (Å²) < 4.78 is 26.0. The van der Waals surface area contributed by atoms with Crippen LogP contribution in [0.15, 0.2) is 37.5 Å². The van der Waals surface area contributed by atoms with Crippen molar-refractivity contribution >= 4 is 45.9 Å². The normalized spacial score (nSPS) is 11.3. The lowest BCUT2D eigenvalue weighted by Crippen LogP contribution is -2.00. The first-order valence-electron chi connectivity index (χ1n) is 8.40. The predicted octanol–water partition coefficient (Wildman–Crippen LogP) is 5.78. The van der Waals surface area contributed by atoms with E-state index in [0.29, 0.717) is 33.7 Å². The molecular formula is C18H14ClFN4O2S2. The summed E-state index contributed by atoms with van der Waals surface area (Å²) in [5, 5.41) is 2.71. The van der Waals surface area contributed by atoms with Crippen molar-refractivity contribution in [3.63, 3.8) is 0 Å². The maximum absolute atomic E-state index is 13.7. The SMILES string of the molecule is CCCOc1nc(Sc2nc(C)cs2)nc2oc(-c3cc(F)ccc3Cl)nc12. The summed E-state index contributed by atoms with van der Waals surface area (Å²) in [4.78, 5) is 17.7. The van der Waals surface area contributed by atoms with Crippen LogP contribution in [0, 0.1) is 12.7 Å². The van der Waals surface area contributed by atoms with Crippen molar-refractivity contribution < 1.29 is 13.5 Å². The largest absolute Gasteiger partial charge is 0.476 e. The van der Waals surface area contributed by atoms with Gasteiger partial charge in [0.1, 0.15) is 5.82 Å². The molecule has 6 nitrogen and oxygen atoms in total.